The number of primary amides is 1. The molecule has 1 aromatic heterocycles. The van der Waals surface area contributed by atoms with Crippen LogP contribution in [0.3, 0.4) is 0 Å². The number of anilines is 4. The van der Waals surface area contributed by atoms with Gasteiger partial charge in [-0.05, 0) is 56.0 Å². The number of hydrogen-bond donors (Lipinski definition) is 4. The molecule has 2 aromatic rings. The maximum absolute atomic E-state index is 12.2. The Morgan fingerprint density at radius 3 is 2.39 bits per heavy atom. The van der Waals surface area contributed by atoms with Crippen LogP contribution < -0.4 is 21.3 Å². The Bertz CT molecular complexity index is 1190. The average Bonchev–Trinajstić information content (AvgIpc) is 2.99. The predicted octanol–water partition coefficient (Wildman–Crippen LogP) is 2.76. The number of aryl methyl sites for hydroxylation is 1. The van der Waals surface area contributed by atoms with Gasteiger partial charge in [-0.3, -0.25) is 18.8 Å². The Labute approximate surface area is 248 Å². The topological polar surface area (TPSA) is 123 Å². The first-order valence-electron chi connectivity index (χ1n) is 14.4. The summed E-state index contributed by atoms with van der Waals surface area (Å²) in [6.45, 7) is 12.9. The fourth-order valence-electron chi connectivity index (χ4n) is 5.36. The van der Waals surface area contributed by atoms with Crippen LogP contribution in [0.25, 0.3) is 0 Å². The Morgan fingerprint density at radius 1 is 1.10 bits per heavy atom. The van der Waals surface area contributed by atoms with Crippen molar-refractivity contribution in [2.24, 2.45) is 5.73 Å². The summed E-state index contributed by atoms with van der Waals surface area (Å²) in [6, 6.07) is 8.82. The molecule has 2 aliphatic heterocycles. The van der Waals surface area contributed by atoms with Crippen LogP contribution in [0, 0.1) is 0 Å². The van der Waals surface area contributed by atoms with Gasteiger partial charge in [0.2, 0.25) is 5.91 Å². The van der Waals surface area contributed by atoms with Gasteiger partial charge < -0.3 is 26.2 Å². The van der Waals surface area contributed by atoms with Gasteiger partial charge >= 0.3 is 0 Å². The van der Waals surface area contributed by atoms with Crippen LogP contribution in [0.2, 0.25) is 0 Å². The molecule has 2 amide bonds. The van der Waals surface area contributed by atoms with Crippen LogP contribution in [0.4, 0.5) is 23.0 Å². The van der Waals surface area contributed by atoms with Crippen molar-refractivity contribution in [1.82, 2.24) is 24.1 Å². The lowest BCUT2D eigenvalue weighted by atomic mass is 10.0. The molecule has 4 N–H and O–H groups in total. The summed E-state index contributed by atoms with van der Waals surface area (Å²) in [4.78, 5) is 39.8. The summed E-state index contributed by atoms with van der Waals surface area (Å²) < 4.78 is 2.10. The van der Waals surface area contributed by atoms with Crippen LogP contribution in [-0.2, 0) is 11.2 Å². The average molecular weight is 582 g/mol. The largest absolute Gasteiger partial charge is 0.371 e. The highest BCUT2D eigenvalue weighted by atomic mass is 32.1. The molecule has 11 nitrogen and oxygen atoms in total. The number of rotatable bonds is 12. The molecular formula is C29H43N9O2S. The van der Waals surface area contributed by atoms with Crippen molar-refractivity contribution in [2.45, 2.75) is 38.6 Å². The number of carbonyl (C=O) groups is 2. The van der Waals surface area contributed by atoms with Gasteiger partial charge in [0.05, 0.1) is 5.69 Å². The fourth-order valence-corrected chi connectivity index (χ4v) is 5.54. The zero-order chi connectivity index (χ0) is 29.4. The Hall–Kier alpha value is -3.35. The van der Waals surface area contributed by atoms with E-state index in [-0.39, 0.29) is 11.6 Å². The number of piperazine rings is 1. The lowest BCUT2D eigenvalue weighted by Gasteiger charge is -2.42. The van der Waals surface area contributed by atoms with Crippen LogP contribution >= 0.6 is 12.8 Å². The number of carbonyl (C=O) groups excluding carboxylic acids is 2. The lowest BCUT2D eigenvalue weighted by molar-refractivity contribution is -0.124. The highest BCUT2D eigenvalue weighted by Gasteiger charge is 2.27. The zero-order valence-corrected chi connectivity index (χ0v) is 25.1. The Morgan fingerprint density at radius 2 is 1.78 bits per heavy atom. The van der Waals surface area contributed by atoms with E-state index in [0.29, 0.717) is 49.3 Å². The highest BCUT2D eigenvalue weighted by Crippen LogP contribution is 2.27. The van der Waals surface area contributed by atoms with Crippen LogP contribution in [0.15, 0.2) is 36.9 Å². The van der Waals surface area contributed by atoms with E-state index in [2.05, 4.69) is 61.2 Å². The number of hydrogen-bond acceptors (Lipinski definition) is 10. The quantitative estimate of drug-likeness (QED) is 0.170. The van der Waals surface area contributed by atoms with Gasteiger partial charge in [-0.2, -0.15) is 0 Å². The molecule has 0 aliphatic carbocycles. The Kier molecular flexibility index (Phi) is 10.8. The van der Waals surface area contributed by atoms with Gasteiger partial charge in [-0.1, -0.05) is 26.3 Å². The van der Waals surface area contributed by atoms with Crippen LogP contribution in [-0.4, -0.2) is 101 Å². The number of nitrogens with zero attached hydrogens (tertiary/aromatic N) is 6. The fraction of sp³-hybridized carbons (Fsp3) is 0.517. The number of nitrogens with one attached hydrogen (secondary N) is 2. The van der Waals surface area contributed by atoms with Gasteiger partial charge in [0, 0.05) is 76.8 Å². The second-order valence-electron chi connectivity index (χ2n) is 10.6. The number of aromatic nitrogens is 2. The highest BCUT2D eigenvalue weighted by molar-refractivity contribution is 7.77. The third-order valence-electron chi connectivity index (χ3n) is 7.82. The minimum Gasteiger partial charge on any atom is -0.371 e. The summed E-state index contributed by atoms with van der Waals surface area (Å²) in [7, 11) is 1.74. The molecule has 2 saturated heterocycles. The number of piperidine rings is 1. The summed E-state index contributed by atoms with van der Waals surface area (Å²) in [5, 5.41) is 6.55. The molecule has 41 heavy (non-hydrogen) atoms. The van der Waals surface area contributed by atoms with Crippen molar-refractivity contribution in [1.29, 1.82) is 0 Å². The third kappa shape index (κ3) is 8.11. The van der Waals surface area contributed by atoms with Crippen LogP contribution in [0.5, 0.6) is 0 Å². The first-order chi connectivity index (χ1) is 19.8. The van der Waals surface area contributed by atoms with Crippen molar-refractivity contribution in [3.05, 3.63) is 48.3 Å². The van der Waals surface area contributed by atoms with Gasteiger partial charge in [0.1, 0.15) is 5.82 Å². The van der Waals surface area contributed by atoms with Crippen molar-refractivity contribution in [3.63, 3.8) is 0 Å². The number of benzene rings is 1. The minimum atomic E-state index is -0.638. The number of amides is 2. The number of nitrogens with two attached hydrogens (primary N) is 1. The molecule has 2 aliphatic rings. The molecule has 0 radical (unpaired) electrons. The third-order valence-corrected chi connectivity index (χ3v) is 8.22. The molecule has 0 spiro atoms. The standard InChI is InChI=1S/C29H43N9O2S/c1-4-24-28(31-13-6-14-35(3)25(39)5-2)34-29(26(33-24)27(30)40)32-21-7-9-22(10-8-21)36-15-11-23(12-16-36)37-17-19-38(41)20-18-37/h5,7-10,23,41H,2,4,6,11-20H2,1,3H3,(H2,30,40)(H2,31,32,34). The summed E-state index contributed by atoms with van der Waals surface area (Å²) in [5.74, 6) is 0.148. The van der Waals surface area contributed by atoms with Crippen molar-refractivity contribution in [3.8, 4) is 0 Å². The molecule has 0 bridgehead atoms. The maximum atomic E-state index is 12.2. The molecule has 0 atom stereocenters. The molecule has 0 unspecified atom stereocenters. The van der Waals surface area contributed by atoms with E-state index < -0.39 is 5.91 Å². The molecule has 1 aromatic carbocycles. The van der Waals surface area contributed by atoms with E-state index >= 15 is 0 Å². The van der Waals surface area contributed by atoms with Crippen molar-refractivity contribution in [2.75, 3.05) is 74.9 Å². The molecule has 12 heteroatoms. The molecule has 2 fully saturated rings. The Balaban J connectivity index is 1.37. The second kappa shape index (κ2) is 14.5. The SMILES string of the molecule is C=CC(=O)N(C)CCCNc1nc(Nc2ccc(N3CCC(N4CCN(S)CC4)CC3)cc2)c(C(N)=O)nc1CC. The van der Waals surface area contributed by atoms with E-state index in [0.717, 1.165) is 57.8 Å². The second-order valence-corrected chi connectivity index (χ2v) is 11.1. The first kappa shape index (κ1) is 30.6. The van der Waals surface area contributed by atoms with E-state index in [1.54, 1.807) is 11.9 Å². The summed E-state index contributed by atoms with van der Waals surface area (Å²) in [6.07, 6.45) is 4.92. The van der Waals surface area contributed by atoms with Crippen LogP contribution in [0.1, 0.15) is 42.4 Å². The molecule has 4 rings (SSSR count). The molecule has 222 valence electrons. The van der Waals surface area contributed by atoms with E-state index in [1.807, 2.05) is 19.1 Å². The van der Waals surface area contributed by atoms with Gasteiger partial charge in [0.15, 0.2) is 11.5 Å². The summed E-state index contributed by atoms with van der Waals surface area (Å²) in [5.41, 5.74) is 8.41. The number of likely N-dealkylation sites (N-methyl/N-ethyl adjacent to an activating group) is 1. The van der Waals surface area contributed by atoms with E-state index in [1.165, 1.54) is 11.8 Å². The van der Waals surface area contributed by atoms with Gasteiger partial charge in [-0.15, -0.1) is 0 Å². The smallest absolute Gasteiger partial charge is 0.271 e. The van der Waals surface area contributed by atoms with Crippen molar-refractivity contribution >= 4 is 47.6 Å². The van der Waals surface area contributed by atoms with Gasteiger partial charge in [-0.25, -0.2) is 9.97 Å². The minimum absolute atomic E-state index is 0.105. The van der Waals surface area contributed by atoms with Gasteiger partial charge in [0.25, 0.3) is 5.91 Å². The first-order valence-corrected chi connectivity index (χ1v) is 14.8. The van der Waals surface area contributed by atoms with E-state index in [9.17, 15) is 9.59 Å². The maximum Gasteiger partial charge on any atom is 0.271 e. The molecular weight excluding hydrogens is 538 g/mol. The van der Waals surface area contributed by atoms with E-state index in [4.69, 9.17) is 10.7 Å². The lowest BCUT2D eigenvalue weighted by Crippen LogP contribution is -2.51. The predicted molar refractivity (Wildman–Crippen MR) is 168 cm³/mol. The summed E-state index contributed by atoms with van der Waals surface area (Å²) >= 11 is 4.47. The zero-order valence-electron chi connectivity index (χ0n) is 24.2. The number of thiol groups is 1. The normalized spacial score (nSPS) is 16.8. The molecule has 0 saturated carbocycles. The molecule has 3 heterocycles. The van der Waals surface area contributed by atoms with Crippen molar-refractivity contribution < 1.29 is 9.59 Å². The monoisotopic (exact) mass is 581 g/mol.